The van der Waals surface area contributed by atoms with Crippen molar-refractivity contribution in [3.05, 3.63) is 89.7 Å². The van der Waals surface area contributed by atoms with Crippen LogP contribution in [0, 0.1) is 13.8 Å². The lowest BCUT2D eigenvalue weighted by Crippen LogP contribution is -2.13. The van der Waals surface area contributed by atoms with Crippen molar-refractivity contribution in [2.75, 3.05) is 5.32 Å². The summed E-state index contributed by atoms with van der Waals surface area (Å²) in [6, 6.07) is 19.7. The van der Waals surface area contributed by atoms with Crippen LogP contribution in [-0.4, -0.2) is 15.3 Å². The zero-order valence-electron chi connectivity index (χ0n) is 14.7. The maximum atomic E-state index is 12.6. The number of carbonyl (C=O) groups is 1. The Balaban J connectivity index is 1.64. The predicted octanol–water partition coefficient (Wildman–Crippen LogP) is 4.87. The van der Waals surface area contributed by atoms with Gasteiger partial charge in [0.1, 0.15) is 5.65 Å². The zero-order chi connectivity index (χ0) is 18.1. The highest BCUT2D eigenvalue weighted by Gasteiger charge is 2.11. The van der Waals surface area contributed by atoms with Gasteiger partial charge in [-0.05, 0) is 43.2 Å². The first-order valence-corrected chi connectivity index (χ1v) is 8.53. The van der Waals surface area contributed by atoms with Gasteiger partial charge in [0.05, 0.1) is 5.69 Å². The fraction of sp³-hybridized carbons (Fsp3) is 0.0909. The second kappa shape index (κ2) is 6.48. The monoisotopic (exact) mass is 341 g/mol. The summed E-state index contributed by atoms with van der Waals surface area (Å²) in [7, 11) is 0. The van der Waals surface area contributed by atoms with Gasteiger partial charge in [0.2, 0.25) is 0 Å². The largest absolute Gasteiger partial charge is 0.322 e. The molecule has 0 atom stereocenters. The number of carbonyl (C=O) groups excluding carboxylic acids is 1. The molecule has 0 fully saturated rings. The van der Waals surface area contributed by atoms with Gasteiger partial charge in [0, 0.05) is 29.2 Å². The molecule has 128 valence electrons. The van der Waals surface area contributed by atoms with Crippen LogP contribution in [0.4, 0.5) is 5.69 Å². The topological polar surface area (TPSA) is 46.4 Å². The lowest BCUT2D eigenvalue weighted by atomic mass is 10.1. The normalized spacial score (nSPS) is 10.8. The van der Waals surface area contributed by atoms with E-state index in [9.17, 15) is 4.79 Å². The van der Waals surface area contributed by atoms with Gasteiger partial charge in [-0.15, -0.1) is 0 Å². The molecule has 0 spiro atoms. The molecule has 4 rings (SSSR count). The van der Waals surface area contributed by atoms with Gasteiger partial charge in [-0.3, -0.25) is 4.79 Å². The Morgan fingerprint density at radius 2 is 1.81 bits per heavy atom. The van der Waals surface area contributed by atoms with E-state index in [1.165, 1.54) is 0 Å². The van der Waals surface area contributed by atoms with Crippen LogP contribution in [-0.2, 0) is 0 Å². The number of nitrogens with one attached hydrogen (secondary N) is 1. The minimum absolute atomic E-state index is 0.134. The molecule has 0 saturated carbocycles. The summed E-state index contributed by atoms with van der Waals surface area (Å²) in [5, 5.41) is 2.99. The molecule has 2 heterocycles. The van der Waals surface area contributed by atoms with Crippen molar-refractivity contribution in [2.24, 2.45) is 0 Å². The number of benzene rings is 2. The fourth-order valence-corrected chi connectivity index (χ4v) is 2.94. The summed E-state index contributed by atoms with van der Waals surface area (Å²) in [4.78, 5) is 17.3. The van der Waals surface area contributed by atoms with Crippen molar-refractivity contribution in [1.82, 2.24) is 9.38 Å². The molecule has 0 aliphatic rings. The number of aryl methyl sites for hydroxylation is 2. The van der Waals surface area contributed by atoms with Gasteiger partial charge in [-0.25, -0.2) is 4.98 Å². The van der Waals surface area contributed by atoms with E-state index in [2.05, 4.69) is 10.3 Å². The number of pyridine rings is 1. The molecule has 4 aromatic rings. The molecule has 26 heavy (non-hydrogen) atoms. The van der Waals surface area contributed by atoms with Gasteiger partial charge in [-0.1, -0.05) is 42.5 Å². The van der Waals surface area contributed by atoms with Crippen LogP contribution in [0.1, 0.15) is 21.5 Å². The van der Waals surface area contributed by atoms with Crippen molar-refractivity contribution < 1.29 is 4.79 Å². The number of amides is 1. The Hall–Kier alpha value is -3.40. The van der Waals surface area contributed by atoms with Crippen molar-refractivity contribution >= 4 is 17.2 Å². The average Bonchev–Trinajstić information content (AvgIpc) is 3.08. The van der Waals surface area contributed by atoms with E-state index < -0.39 is 0 Å². The summed E-state index contributed by atoms with van der Waals surface area (Å²) in [6.07, 6.45) is 3.84. The molecule has 2 aromatic carbocycles. The predicted molar refractivity (Wildman–Crippen MR) is 104 cm³/mol. The maximum Gasteiger partial charge on any atom is 0.255 e. The SMILES string of the molecule is Cc1ccc(C)c(NC(=O)c2ccn3cc(-c4ccccc4)nc3c2)c1. The molecular formula is C22H19N3O. The first-order chi connectivity index (χ1) is 12.6. The van der Waals surface area contributed by atoms with Crippen LogP contribution in [0.3, 0.4) is 0 Å². The highest BCUT2D eigenvalue weighted by Crippen LogP contribution is 2.21. The molecule has 0 aliphatic heterocycles. The fourth-order valence-electron chi connectivity index (χ4n) is 2.94. The molecule has 2 aromatic heterocycles. The van der Waals surface area contributed by atoms with E-state index in [4.69, 9.17) is 0 Å². The van der Waals surface area contributed by atoms with Gasteiger partial charge >= 0.3 is 0 Å². The van der Waals surface area contributed by atoms with Gasteiger partial charge in [0.25, 0.3) is 5.91 Å². The smallest absolute Gasteiger partial charge is 0.255 e. The summed E-state index contributed by atoms with van der Waals surface area (Å²) in [6.45, 7) is 4.00. The molecule has 0 saturated heterocycles. The Morgan fingerprint density at radius 3 is 2.62 bits per heavy atom. The molecule has 4 nitrogen and oxygen atoms in total. The standard InChI is InChI=1S/C22H19N3O/c1-15-8-9-16(2)19(12-15)24-22(26)18-10-11-25-14-20(23-21(25)13-18)17-6-4-3-5-7-17/h3-14H,1-2H3,(H,24,26). The molecule has 0 unspecified atom stereocenters. The van der Waals surface area contributed by atoms with E-state index in [0.29, 0.717) is 5.56 Å². The number of rotatable bonds is 3. The van der Waals surface area contributed by atoms with Gasteiger partial charge in [0.15, 0.2) is 0 Å². The number of imidazole rings is 1. The van der Waals surface area contributed by atoms with Crippen LogP contribution < -0.4 is 5.32 Å². The van der Waals surface area contributed by atoms with Crippen LogP contribution in [0.15, 0.2) is 73.1 Å². The van der Waals surface area contributed by atoms with E-state index in [1.54, 1.807) is 0 Å². The van der Waals surface area contributed by atoms with E-state index in [0.717, 1.165) is 33.7 Å². The molecule has 1 N–H and O–H groups in total. The quantitative estimate of drug-likeness (QED) is 0.578. The third kappa shape index (κ3) is 3.09. The third-order valence-corrected chi connectivity index (χ3v) is 4.43. The Morgan fingerprint density at radius 1 is 1.00 bits per heavy atom. The highest BCUT2D eigenvalue weighted by atomic mass is 16.1. The summed E-state index contributed by atoms with van der Waals surface area (Å²) in [5.41, 5.74) is 6.26. The molecule has 0 aliphatic carbocycles. The van der Waals surface area contributed by atoms with Crippen molar-refractivity contribution in [3.8, 4) is 11.3 Å². The van der Waals surface area contributed by atoms with Crippen molar-refractivity contribution in [2.45, 2.75) is 13.8 Å². The first kappa shape index (κ1) is 16.1. The van der Waals surface area contributed by atoms with E-state index >= 15 is 0 Å². The van der Waals surface area contributed by atoms with Crippen molar-refractivity contribution in [1.29, 1.82) is 0 Å². The summed E-state index contributed by atoms with van der Waals surface area (Å²) in [5.74, 6) is -0.134. The number of aromatic nitrogens is 2. The van der Waals surface area contributed by atoms with E-state index in [1.807, 2.05) is 91.3 Å². The van der Waals surface area contributed by atoms with Crippen LogP contribution in [0.5, 0.6) is 0 Å². The second-order valence-corrected chi connectivity index (χ2v) is 6.45. The van der Waals surface area contributed by atoms with Gasteiger partial charge in [-0.2, -0.15) is 0 Å². The number of hydrogen-bond acceptors (Lipinski definition) is 2. The van der Waals surface area contributed by atoms with Crippen LogP contribution in [0.2, 0.25) is 0 Å². The molecule has 0 bridgehead atoms. The number of hydrogen-bond donors (Lipinski definition) is 1. The zero-order valence-corrected chi connectivity index (χ0v) is 14.7. The van der Waals surface area contributed by atoms with Crippen LogP contribution in [0.25, 0.3) is 16.9 Å². The molecule has 4 heteroatoms. The number of fused-ring (bicyclic) bond motifs is 1. The second-order valence-electron chi connectivity index (χ2n) is 6.45. The summed E-state index contributed by atoms with van der Waals surface area (Å²) < 4.78 is 1.93. The van der Waals surface area contributed by atoms with Crippen LogP contribution >= 0.6 is 0 Å². The third-order valence-electron chi connectivity index (χ3n) is 4.43. The minimum atomic E-state index is -0.134. The summed E-state index contributed by atoms with van der Waals surface area (Å²) >= 11 is 0. The minimum Gasteiger partial charge on any atom is -0.322 e. The Labute approximate surface area is 152 Å². The van der Waals surface area contributed by atoms with Gasteiger partial charge < -0.3 is 9.72 Å². The lowest BCUT2D eigenvalue weighted by molar-refractivity contribution is 0.102. The van der Waals surface area contributed by atoms with E-state index in [-0.39, 0.29) is 5.91 Å². The number of nitrogens with zero attached hydrogens (tertiary/aromatic N) is 2. The highest BCUT2D eigenvalue weighted by molar-refractivity contribution is 6.05. The first-order valence-electron chi connectivity index (χ1n) is 8.53. The Kier molecular flexibility index (Phi) is 4.01. The Bertz CT molecular complexity index is 1100. The number of anilines is 1. The lowest BCUT2D eigenvalue weighted by Gasteiger charge is -2.09. The maximum absolute atomic E-state index is 12.6. The molecule has 1 amide bonds. The van der Waals surface area contributed by atoms with Crippen molar-refractivity contribution in [3.63, 3.8) is 0 Å². The average molecular weight is 341 g/mol. The molecular weight excluding hydrogens is 322 g/mol. The molecule has 0 radical (unpaired) electrons.